The zero-order chi connectivity index (χ0) is 12.3. The van der Waals surface area contributed by atoms with Gasteiger partial charge in [0.25, 0.3) is 5.91 Å². The maximum atomic E-state index is 11.8. The number of carbonyl (C=O) groups is 1. The second kappa shape index (κ2) is 5.19. The van der Waals surface area contributed by atoms with Crippen LogP contribution in [0.2, 0.25) is 0 Å². The zero-order valence-electron chi connectivity index (χ0n) is 10.1. The number of benzene rings is 1. The van der Waals surface area contributed by atoms with Crippen molar-refractivity contribution in [3.8, 4) is 0 Å². The van der Waals surface area contributed by atoms with Crippen molar-refractivity contribution < 1.29 is 4.79 Å². The fourth-order valence-electron chi connectivity index (χ4n) is 1.87. The summed E-state index contributed by atoms with van der Waals surface area (Å²) in [6.07, 6.45) is 3.75. The molecular formula is C13H19N3O. The molecular weight excluding hydrogens is 214 g/mol. The summed E-state index contributed by atoms with van der Waals surface area (Å²) in [5, 5.41) is 2.94. The number of hydrogen-bond donors (Lipinski definition) is 3. The smallest absolute Gasteiger partial charge is 0.251 e. The third-order valence-electron chi connectivity index (χ3n) is 3.18. The van der Waals surface area contributed by atoms with Gasteiger partial charge in [-0.05, 0) is 43.0 Å². The Morgan fingerprint density at radius 2 is 2.24 bits per heavy atom. The van der Waals surface area contributed by atoms with E-state index in [4.69, 9.17) is 5.84 Å². The van der Waals surface area contributed by atoms with E-state index in [9.17, 15) is 4.79 Å². The van der Waals surface area contributed by atoms with Crippen molar-refractivity contribution in [1.82, 2.24) is 5.32 Å². The molecule has 0 unspecified atom stereocenters. The monoisotopic (exact) mass is 233 g/mol. The number of rotatable bonds is 5. The molecule has 1 aromatic rings. The first-order valence-corrected chi connectivity index (χ1v) is 6.06. The zero-order valence-corrected chi connectivity index (χ0v) is 10.1. The maximum Gasteiger partial charge on any atom is 0.251 e. The van der Waals surface area contributed by atoms with E-state index in [0.29, 0.717) is 5.56 Å². The number of aryl methyl sites for hydroxylation is 1. The van der Waals surface area contributed by atoms with Crippen molar-refractivity contribution in [1.29, 1.82) is 0 Å². The minimum atomic E-state index is -0.00248. The third-order valence-corrected chi connectivity index (χ3v) is 3.18. The Bertz CT molecular complexity index is 413. The molecule has 4 N–H and O–H groups in total. The number of amides is 1. The van der Waals surface area contributed by atoms with E-state index in [1.165, 1.54) is 12.8 Å². The Kier molecular flexibility index (Phi) is 3.64. The van der Waals surface area contributed by atoms with Gasteiger partial charge in [0.15, 0.2) is 0 Å². The summed E-state index contributed by atoms with van der Waals surface area (Å²) in [6.45, 7) is 2.70. The minimum Gasteiger partial charge on any atom is -0.352 e. The first-order valence-electron chi connectivity index (χ1n) is 6.06. The van der Waals surface area contributed by atoms with Crippen LogP contribution in [0.4, 0.5) is 5.69 Å². The number of anilines is 1. The number of hydrogen-bond acceptors (Lipinski definition) is 3. The van der Waals surface area contributed by atoms with Gasteiger partial charge in [0.05, 0.1) is 5.69 Å². The van der Waals surface area contributed by atoms with Crippen LogP contribution in [0.5, 0.6) is 0 Å². The van der Waals surface area contributed by atoms with Crippen LogP contribution in [-0.4, -0.2) is 12.5 Å². The number of nitrogens with one attached hydrogen (secondary N) is 2. The molecule has 0 aliphatic heterocycles. The summed E-state index contributed by atoms with van der Waals surface area (Å²) in [6, 6.07) is 5.46. The largest absolute Gasteiger partial charge is 0.352 e. The molecule has 4 heteroatoms. The lowest BCUT2D eigenvalue weighted by Gasteiger charge is -2.08. The molecule has 1 amide bonds. The Morgan fingerprint density at radius 3 is 2.82 bits per heavy atom. The van der Waals surface area contributed by atoms with Crippen LogP contribution in [0.1, 0.15) is 35.2 Å². The molecule has 1 aliphatic rings. The van der Waals surface area contributed by atoms with Crippen LogP contribution >= 0.6 is 0 Å². The first kappa shape index (κ1) is 11.9. The second-order valence-electron chi connectivity index (χ2n) is 4.66. The fourth-order valence-corrected chi connectivity index (χ4v) is 1.87. The molecule has 0 radical (unpaired) electrons. The number of nitrogen functional groups attached to an aromatic ring is 1. The molecule has 2 rings (SSSR count). The minimum absolute atomic E-state index is 0.00248. The van der Waals surface area contributed by atoms with E-state index < -0.39 is 0 Å². The third kappa shape index (κ3) is 3.20. The molecule has 1 fully saturated rings. The summed E-state index contributed by atoms with van der Waals surface area (Å²) in [5.74, 6) is 6.19. The summed E-state index contributed by atoms with van der Waals surface area (Å²) in [7, 11) is 0. The van der Waals surface area contributed by atoms with Gasteiger partial charge in [0.2, 0.25) is 0 Å². The highest BCUT2D eigenvalue weighted by Gasteiger charge is 2.20. The molecule has 0 saturated heterocycles. The van der Waals surface area contributed by atoms with Crippen LogP contribution < -0.4 is 16.6 Å². The average Bonchev–Trinajstić information content (AvgIpc) is 3.13. The van der Waals surface area contributed by atoms with Crippen molar-refractivity contribution in [3.63, 3.8) is 0 Å². The Balaban J connectivity index is 1.90. The highest BCUT2D eigenvalue weighted by molar-refractivity contribution is 5.94. The van der Waals surface area contributed by atoms with Crippen LogP contribution in [0.3, 0.4) is 0 Å². The molecule has 1 aliphatic carbocycles. The number of nitrogens with two attached hydrogens (primary N) is 1. The molecule has 1 saturated carbocycles. The van der Waals surface area contributed by atoms with E-state index in [0.717, 1.165) is 30.1 Å². The van der Waals surface area contributed by atoms with Crippen molar-refractivity contribution >= 4 is 11.6 Å². The van der Waals surface area contributed by atoms with Gasteiger partial charge in [0.1, 0.15) is 0 Å². The first-order chi connectivity index (χ1) is 8.20. The van der Waals surface area contributed by atoms with Crippen molar-refractivity contribution in [3.05, 3.63) is 29.3 Å². The average molecular weight is 233 g/mol. The highest BCUT2D eigenvalue weighted by Crippen LogP contribution is 2.31. The molecule has 92 valence electrons. The number of carbonyl (C=O) groups excluding carboxylic acids is 1. The molecule has 4 nitrogen and oxygen atoms in total. The van der Waals surface area contributed by atoms with E-state index in [1.807, 2.05) is 19.1 Å². The van der Waals surface area contributed by atoms with Crippen LogP contribution in [0.15, 0.2) is 18.2 Å². The van der Waals surface area contributed by atoms with Gasteiger partial charge < -0.3 is 10.7 Å². The topological polar surface area (TPSA) is 67.2 Å². The van der Waals surface area contributed by atoms with Gasteiger partial charge in [-0.15, -0.1) is 0 Å². The van der Waals surface area contributed by atoms with Gasteiger partial charge in [-0.25, -0.2) is 0 Å². The van der Waals surface area contributed by atoms with Crippen molar-refractivity contribution in [2.24, 2.45) is 11.8 Å². The van der Waals surface area contributed by atoms with Crippen molar-refractivity contribution in [2.45, 2.75) is 26.2 Å². The maximum absolute atomic E-state index is 11.8. The normalized spacial score (nSPS) is 14.5. The fraction of sp³-hybridized carbons (Fsp3) is 0.462. The lowest BCUT2D eigenvalue weighted by atomic mass is 10.1. The Hall–Kier alpha value is -1.55. The van der Waals surface area contributed by atoms with Gasteiger partial charge in [-0.3, -0.25) is 10.6 Å². The van der Waals surface area contributed by atoms with Crippen LogP contribution in [0.25, 0.3) is 0 Å². The predicted molar refractivity (Wildman–Crippen MR) is 68.7 cm³/mol. The van der Waals surface area contributed by atoms with E-state index >= 15 is 0 Å². The molecule has 0 spiro atoms. The van der Waals surface area contributed by atoms with Gasteiger partial charge in [0, 0.05) is 12.1 Å². The molecule has 0 atom stereocenters. The molecule has 0 bridgehead atoms. The molecule has 0 heterocycles. The van der Waals surface area contributed by atoms with E-state index in [-0.39, 0.29) is 5.91 Å². The number of hydrazine groups is 1. The van der Waals surface area contributed by atoms with E-state index in [1.54, 1.807) is 6.07 Å². The second-order valence-corrected chi connectivity index (χ2v) is 4.66. The predicted octanol–water partition coefficient (Wildman–Crippen LogP) is 1.81. The van der Waals surface area contributed by atoms with Crippen LogP contribution in [-0.2, 0) is 0 Å². The standard InChI is InChI=1S/C13H19N3O/c1-9-8-11(4-5-12(9)16-14)13(17)15-7-6-10-2-3-10/h4-5,8,10,16H,2-3,6-7,14H2,1H3,(H,15,17). The summed E-state index contributed by atoms with van der Waals surface area (Å²) in [4.78, 5) is 11.8. The lowest BCUT2D eigenvalue weighted by molar-refractivity contribution is 0.0952. The molecule has 0 aromatic heterocycles. The quantitative estimate of drug-likeness (QED) is 0.536. The van der Waals surface area contributed by atoms with Crippen LogP contribution in [0, 0.1) is 12.8 Å². The lowest BCUT2D eigenvalue weighted by Crippen LogP contribution is -2.24. The highest BCUT2D eigenvalue weighted by atomic mass is 16.1. The van der Waals surface area contributed by atoms with Gasteiger partial charge in [-0.2, -0.15) is 0 Å². The Labute approximate surface area is 102 Å². The summed E-state index contributed by atoms with van der Waals surface area (Å²) >= 11 is 0. The van der Waals surface area contributed by atoms with Gasteiger partial charge >= 0.3 is 0 Å². The summed E-state index contributed by atoms with van der Waals surface area (Å²) < 4.78 is 0. The molecule has 17 heavy (non-hydrogen) atoms. The molecule has 1 aromatic carbocycles. The van der Waals surface area contributed by atoms with E-state index in [2.05, 4.69) is 10.7 Å². The van der Waals surface area contributed by atoms with Gasteiger partial charge in [-0.1, -0.05) is 12.8 Å². The Morgan fingerprint density at radius 1 is 1.47 bits per heavy atom. The SMILES string of the molecule is Cc1cc(C(=O)NCCC2CC2)ccc1NN. The van der Waals surface area contributed by atoms with Crippen molar-refractivity contribution in [2.75, 3.05) is 12.0 Å². The summed E-state index contributed by atoms with van der Waals surface area (Å²) in [5.41, 5.74) is 5.11.